The second-order valence-corrected chi connectivity index (χ2v) is 29.6. The van der Waals surface area contributed by atoms with Crippen molar-refractivity contribution in [3.8, 4) is 72.4 Å². The van der Waals surface area contributed by atoms with Gasteiger partial charge in [-0.15, -0.1) is 0 Å². The van der Waals surface area contributed by atoms with Gasteiger partial charge in [0.05, 0.1) is 22.4 Å². The minimum absolute atomic E-state index is 0.0257. The summed E-state index contributed by atoms with van der Waals surface area (Å²) in [6, 6.07) is 124. The van der Waals surface area contributed by atoms with Crippen LogP contribution in [0.5, 0.6) is 0 Å². The van der Waals surface area contributed by atoms with Gasteiger partial charge in [-0.2, -0.15) is 0 Å². The minimum atomic E-state index is -0.224. The van der Waals surface area contributed by atoms with Gasteiger partial charge in [-0.25, -0.2) is 0 Å². The van der Waals surface area contributed by atoms with E-state index in [9.17, 15) is 0 Å². The van der Waals surface area contributed by atoms with Crippen LogP contribution in [0, 0.1) is 0 Å². The first-order chi connectivity index (χ1) is 48.9. The Bertz CT molecular complexity index is 5860. The molecule has 0 N–H and O–H groups in total. The van der Waals surface area contributed by atoms with E-state index in [1.54, 1.807) is 0 Å². The van der Waals surface area contributed by atoms with E-state index >= 15 is 0 Å². The highest BCUT2D eigenvalue weighted by atomic mass is 15.2. The van der Waals surface area contributed by atoms with Crippen LogP contribution in [0.3, 0.4) is 0 Å². The molecule has 474 valence electrons. The van der Waals surface area contributed by atoms with Crippen molar-refractivity contribution >= 4 is 111 Å². The molecule has 3 heterocycles. The first-order valence-electron chi connectivity index (χ1n) is 35.2. The molecule has 0 radical (unpaired) electrons. The van der Waals surface area contributed by atoms with Crippen LogP contribution < -0.4 is 26.2 Å². The molecule has 100 heavy (non-hydrogen) atoms. The molecule has 0 saturated heterocycles. The highest BCUT2D eigenvalue weighted by Crippen LogP contribution is 2.55. The van der Waals surface area contributed by atoms with Crippen LogP contribution in [0.4, 0.5) is 34.1 Å². The molecule has 0 atom stereocenters. The van der Waals surface area contributed by atoms with E-state index in [2.05, 4.69) is 383 Å². The van der Waals surface area contributed by atoms with Crippen LogP contribution in [0.15, 0.2) is 328 Å². The second kappa shape index (κ2) is 22.8. The number of hydrogen-bond donors (Lipinski definition) is 0. The summed E-state index contributed by atoms with van der Waals surface area (Å²) in [5.74, 6) is 0. The van der Waals surface area contributed by atoms with E-state index in [0.717, 1.165) is 101 Å². The Balaban J connectivity index is 0.961. The predicted molar refractivity (Wildman–Crippen MR) is 429 cm³/mol. The highest BCUT2D eigenvalue weighted by molar-refractivity contribution is 7.00. The lowest BCUT2D eigenvalue weighted by molar-refractivity contribution is 0.590. The van der Waals surface area contributed by atoms with Gasteiger partial charge >= 0.3 is 0 Å². The molecule has 2 aliphatic rings. The fourth-order valence-corrected chi connectivity index (χ4v) is 16.7. The SMILES string of the molecule is CC(C)(C)c1ccc(-c2cc3c4c(c2)N(c2c(-c5ccccc5)cccc2-c2ccccc2)c2cc(-n5c6ccccc6c6ccccc65)ccc2B4c2ccc(-c4cc5ccc6cc(C(C)(C)C)cc7ccc(c4)c5c67)cc2N3c2c(-c3ccccc3)cccc2-c2ccccc2)cc1. The maximum atomic E-state index is 2.69. The van der Waals surface area contributed by atoms with Crippen LogP contribution in [-0.4, -0.2) is 11.3 Å². The number of para-hydroxylation sites is 4. The number of aromatic nitrogens is 1. The molecule has 1 aromatic heterocycles. The Morgan fingerprint density at radius 1 is 0.260 bits per heavy atom. The lowest BCUT2D eigenvalue weighted by Gasteiger charge is -2.46. The first-order valence-corrected chi connectivity index (χ1v) is 35.2. The average molecular weight is 1280 g/mol. The zero-order chi connectivity index (χ0) is 67.1. The first kappa shape index (κ1) is 59.3. The molecule has 19 rings (SSSR count). The van der Waals surface area contributed by atoms with Crippen molar-refractivity contribution in [3.05, 3.63) is 339 Å². The highest BCUT2D eigenvalue weighted by Gasteiger charge is 2.46. The molecule has 0 bridgehead atoms. The molecule has 0 amide bonds. The van der Waals surface area contributed by atoms with Gasteiger partial charge in [0, 0.05) is 61.5 Å². The average Bonchev–Trinajstić information content (AvgIpc) is 0.735. The topological polar surface area (TPSA) is 11.4 Å². The van der Waals surface area contributed by atoms with Gasteiger partial charge in [-0.1, -0.05) is 315 Å². The van der Waals surface area contributed by atoms with Crippen LogP contribution in [0.25, 0.3) is 127 Å². The van der Waals surface area contributed by atoms with E-state index in [-0.39, 0.29) is 17.5 Å². The number of benzene rings is 16. The summed E-state index contributed by atoms with van der Waals surface area (Å²) < 4.78 is 2.49. The van der Waals surface area contributed by atoms with Crippen molar-refractivity contribution in [2.45, 2.75) is 52.4 Å². The third kappa shape index (κ3) is 9.49. The molecule has 17 aromatic rings. The molecule has 0 unspecified atom stereocenters. The normalized spacial score (nSPS) is 12.8. The van der Waals surface area contributed by atoms with E-state index in [1.807, 2.05) is 0 Å². The standard InChI is InChI=1S/C96H72BN3/c1-95(2,3)73-48-45-61(46-49-73)72-58-88-92-89(59-72)100(94-78(64-29-15-9-16-30-64)37-24-38-79(94)65-31-17-10-18-32-65)87-60-75(98-84-39-21-19-33-80(84)81-34-20-22-40-85(81)98)50-52-83(87)97(92)82-51-47-66(71-53-67-41-43-69-55-74(96(4,5)6)56-70-44-42-68(54-71)90(67)91(69)70)57-86(82)99(88)93-76(62-25-11-7-12-26-62)35-23-36-77(93)63-27-13-8-14-28-63/h7-60H,1-6H3. The minimum Gasteiger partial charge on any atom is -0.310 e. The number of fused-ring (bicyclic) bond motifs is 7. The third-order valence-electron chi connectivity index (χ3n) is 21.6. The summed E-state index contributed by atoms with van der Waals surface area (Å²) in [6.45, 7) is 13.7. The fourth-order valence-electron chi connectivity index (χ4n) is 16.7. The fraction of sp³-hybridized carbons (Fsp3) is 0.0833. The third-order valence-corrected chi connectivity index (χ3v) is 21.6. The van der Waals surface area contributed by atoms with Gasteiger partial charge in [0.1, 0.15) is 0 Å². The van der Waals surface area contributed by atoms with Gasteiger partial charge in [-0.05, 0) is 170 Å². The Labute approximate surface area is 585 Å². The zero-order valence-electron chi connectivity index (χ0n) is 57.1. The summed E-state index contributed by atoms with van der Waals surface area (Å²) in [4.78, 5) is 5.38. The van der Waals surface area contributed by atoms with Gasteiger partial charge < -0.3 is 14.4 Å². The van der Waals surface area contributed by atoms with Crippen molar-refractivity contribution in [1.82, 2.24) is 4.57 Å². The largest absolute Gasteiger partial charge is 0.310 e. The molecular formula is C96H72BN3. The van der Waals surface area contributed by atoms with Crippen molar-refractivity contribution in [3.63, 3.8) is 0 Å². The van der Waals surface area contributed by atoms with Gasteiger partial charge in [0.2, 0.25) is 0 Å². The van der Waals surface area contributed by atoms with Crippen molar-refractivity contribution in [2.75, 3.05) is 9.80 Å². The van der Waals surface area contributed by atoms with Crippen LogP contribution in [0.2, 0.25) is 0 Å². The number of hydrogen-bond acceptors (Lipinski definition) is 2. The lowest BCUT2D eigenvalue weighted by atomic mass is 9.33. The van der Waals surface area contributed by atoms with Crippen LogP contribution in [0.1, 0.15) is 52.7 Å². The number of rotatable bonds is 9. The van der Waals surface area contributed by atoms with E-state index in [1.165, 1.54) is 87.2 Å². The van der Waals surface area contributed by atoms with Crippen molar-refractivity contribution < 1.29 is 0 Å². The molecule has 2 aliphatic heterocycles. The Kier molecular flexibility index (Phi) is 13.5. The molecular weight excluding hydrogens is 1210 g/mol. The summed E-state index contributed by atoms with van der Waals surface area (Å²) in [7, 11) is 0. The van der Waals surface area contributed by atoms with Crippen molar-refractivity contribution in [1.29, 1.82) is 0 Å². The van der Waals surface area contributed by atoms with E-state index < -0.39 is 0 Å². The monoisotopic (exact) mass is 1280 g/mol. The van der Waals surface area contributed by atoms with E-state index in [4.69, 9.17) is 0 Å². The van der Waals surface area contributed by atoms with Crippen LogP contribution in [-0.2, 0) is 10.8 Å². The number of nitrogens with zero attached hydrogens (tertiary/aromatic N) is 3. The van der Waals surface area contributed by atoms with Gasteiger partial charge in [0.15, 0.2) is 0 Å². The summed E-state index contributed by atoms with van der Waals surface area (Å²) in [5.41, 5.74) is 30.3. The molecule has 3 nitrogen and oxygen atoms in total. The summed E-state index contributed by atoms with van der Waals surface area (Å²) >= 11 is 0. The summed E-state index contributed by atoms with van der Waals surface area (Å²) in [5, 5.41) is 10.2. The quantitative estimate of drug-likeness (QED) is 0.105. The zero-order valence-corrected chi connectivity index (χ0v) is 57.1. The Hall–Kier alpha value is -12.0. The van der Waals surface area contributed by atoms with Crippen LogP contribution >= 0.6 is 0 Å². The number of anilines is 6. The summed E-state index contributed by atoms with van der Waals surface area (Å²) in [6.07, 6.45) is 0. The second-order valence-electron chi connectivity index (χ2n) is 29.6. The maximum absolute atomic E-state index is 2.69. The molecule has 4 heteroatoms. The smallest absolute Gasteiger partial charge is 0.252 e. The molecule has 0 fully saturated rings. The predicted octanol–water partition coefficient (Wildman–Crippen LogP) is 24.4. The molecule has 0 saturated carbocycles. The lowest BCUT2D eigenvalue weighted by Crippen LogP contribution is -2.61. The molecule has 0 spiro atoms. The molecule has 16 aromatic carbocycles. The van der Waals surface area contributed by atoms with E-state index in [0.29, 0.717) is 0 Å². The van der Waals surface area contributed by atoms with Crippen molar-refractivity contribution in [2.24, 2.45) is 0 Å². The Morgan fingerprint density at radius 2 is 0.630 bits per heavy atom. The molecule has 0 aliphatic carbocycles. The van der Waals surface area contributed by atoms with Gasteiger partial charge in [0.25, 0.3) is 6.71 Å². The van der Waals surface area contributed by atoms with Gasteiger partial charge in [-0.3, -0.25) is 0 Å². The maximum Gasteiger partial charge on any atom is 0.252 e. The Morgan fingerprint density at radius 3 is 1.07 bits per heavy atom.